The highest BCUT2D eigenvalue weighted by molar-refractivity contribution is 5.91. The zero-order chi connectivity index (χ0) is 12.1. The third-order valence-corrected chi connectivity index (χ3v) is 2.96. The molecule has 0 aliphatic carbocycles. The minimum Gasteiger partial charge on any atom is -0.374 e. The van der Waals surface area contributed by atoms with Gasteiger partial charge in [-0.25, -0.2) is 0 Å². The molecule has 1 heterocycles. The molecule has 90 valence electrons. The minimum absolute atomic E-state index is 1.05. The Morgan fingerprint density at radius 2 is 2.06 bits per heavy atom. The molecule has 0 saturated heterocycles. The smallest absolute Gasteiger partial charge is 0.0722 e. The molecular formula is C14H19N3. The van der Waals surface area contributed by atoms with Gasteiger partial charge in [-0.3, -0.25) is 4.98 Å². The second-order valence-corrected chi connectivity index (χ2v) is 4.23. The Bertz CT molecular complexity index is 476. The topological polar surface area (TPSA) is 28.2 Å². The van der Waals surface area contributed by atoms with Gasteiger partial charge in [-0.1, -0.05) is 18.2 Å². The lowest BCUT2D eigenvalue weighted by molar-refractivity contribution is 0.713. The fourth-order valence-electron chi connectivity index (χ4n) is 2.03. The number of hydrogen-bond acceptors (Lipinski definition) is 3. The zero-order valence-corrected chi connectivity index (χ0v) is 10.5. The molecule has 0 spiro atoms. The predicted molar refractivity (Wildman–Crippen MR) is 73.6 cm³/mol. The number of para-hydroxylation sites is 1. The molecular weight excluding hydrogens is 210 g/mol. The number of benzene rings is 1. The van der Waals surface area contributed by atoms with Crippen LogP contribution in [0.15, 0.2) is 36.5 Å². The summed E-state index contributed by atoms with van der Waals surface area (Å²) in [6.45, 7) is 2.10. The van der Waals surface area contributed by atoms with Crippen molar-refractivity contribution in [1.82, 2.24) is 10.3 Å². The van der Waals surface area contributed by atoms with E-state index in [-0.39, 0.29) is 0 Å². The normalized spacial score (nSPS) is 10.7. The standard InChI is InChI=1S/C14H19N3/c1-15-9-5-11-17(2)14-8-10-16-13-7-4-3-6-12(13)14/h3-4,6-8,10,15H,5,9,11H2,1-2H3. The van der Waals surface area contributed by atoms with Crippen molar-refractivity contribution >= 4 is 16.6 Å². The lowest BCUT2D eigenvalue weighted by Gasteiger charge is -2.20. The first-order valence-corrected chi connectivity index (χ1v) is 6.02. The van der Waals surface area contributed by atoms with Crippen molar-refractivity contribution in [2.24, 2.45) is 0 Å². The third-order valence-electron chi connectivity index (χ3n) is 2.96. The van der Waals surface area contributed by atoms with Crippen LogP contribution in [-0.2, 0) is 0 Å². The quantitative estimate of drug-likeness (QED) is 0.797. The second kappa shape index (κ2) is 5.64. The molecule has 2 rings (SSSR count). The summed E-state index contributed by atoms with van der Waals surface area (Å²) >= 11 is 0. The summed E-state index contributed by atoms with van der Waals surface area (Å²) in [5, 5.41) is 4.40. The molecule has 0 aliphatic heterocycles. The van der Waals surface area contributed by atoms with Crippen LogP contribution >= 0.6 is 0 Å². The van der Waals surface area contributed by atoms with Crippen LogP contribution in [0.5, 0.6) is 0 Å². The molecule has 0 saturated carbocycles. The van der Waals surface area contributed by atoms with E-state index in [9.17, 15) is 0 Å². The molecule has 17 heavy (non-hydrogen) atoms. The highest BCUT2D eigenvalue weighted by atomic mass is 15.1. The van der Waals surface area contributed by atoms with Crippen LogP contribution in [0.2, 0.25) is 0 Å². The molecule has 0 bridgehead atoms. The van der Waals surface area contributed by atoms with Gasteiger partial charge in [0.25, 0.3) is 0 Å². The summed E-state index contributed by atoms with van der Waals surface area (Å²) in [5.41, 5.74) is 2.32. The number of rotatable bonds is 5. The number of nitrogens with one attached hydrogen (secondary N) is 1. The lowest BCUT2D eigenvalue weighted by Crippen LogP contribution is -2.22. The molecule has 1 N–H and O–H groups in total. The van der Waals surface area contributed by atoms with Crippen molar-refractivity contribution in [2.45, 2.75) is 6.42 Å². The molecule has 3 heteroatoms. The van der Waals surface area contributed by atoms with Crippen LogP contribution in [0.1, 0.15) is 6.42 Å². The SMILES string of the molecule is CNCCCN(C)c1ccnc2ccccc12. The van der Waals surface area contributed by atoms with Crippen LogP contribution in [0.25, 0.3) is 10.9 Å². The molecule has 1 aromatic carbocycles. The van der Waals surface area contributed by atoms with Gasteiger partial charge in [-0.05, 0) is 32.1 Å². The van der Waals surface area contributed by atoms with Crippen molar-refractivity contribution in [2.75, 3.05) is 32.1 Å². The Morgan fingerprint density at radius 3 is 2.88 bits per heavy atom. The number of pyridine rings is 1. The van der Waals surface area contributed by atoms with Gasteiger partial charge >= 0.3 is 0 Å². The summed E-state index contributed by atoms with van der Waals surface area (Å²) in [5.74, 6) is 0. The van der Waals surface area contributed by atoms with Gasteiger partial charge in [0.15, 0.2) is 0 Å². The van der Waals surface area contributed by atoms with Crippen molar-refractivity contribution in [1.29, 1.82) is 0 Å². The van der Waals surface area contributed by atoms with Gasteiger partial charge in [-0.2, -0.15) is 0 Å². The average molecular weight is 229 g/mol. The first kappa shape index (κ1) is 11.9. The van der Waals surface area contributed by atoms with E-state index in [1.807, 2.05) is 19.3 Å². The molecule has 0 amide bonds. The van der Waals surface area contributed by atoms with Crippen molar-refractivity contribution in [3.05, 3.63) is 36.5 Å². The van der Waals surface area contributed by atoms with Crippen molar-refractivity contribution in [3.63, 3.8) is 0 Å². The Hall–Kier alpha value is -1.61. The maximum absolute atomic E-state index is 4.38. The molecule has 0 atom stereocenters. The Kier molecular flexibility index (Phi) is 3.94. The molecule has 0 fully saturated rings. The van der Waals surface area contributed by atoms with E-state index in [4.69, 9.17) is 0 Å². The van der Waals surface area contributed by atoms with Crippen LogP contribution in [-0.4, -0.2) is 32.2 Å². The molecule has 0 unspecified atom stereocenters. The maximum atomic E-state index is 4.38. The van der Waals surface area contributed by atoms with E-state index < -0.39 is 0 Å². The predicted octanol–water partition coefficient (Wildman–Crippen LogP) is 2.28. The van der Waals surface area contributed by atoms with E-state index in [2.05, 4.69) is 46.5 Å². The highest BCUT2D eigenvalue weighted by Crippen LogP contribution is 2.23. The number of aromatic nitrogens is 1. The molecule has 0 radical (unpaired) electrons. The zero-order valence-electron chi connectivity index (χ0n) is 10.5. The van der Waals surface area contributed by atoms with Crippen LogP contribution < -0.4 is 10.2 Å². The Balaban J connectivity index is 2.22. The Labute approximate surface area is 102 Å². The first-order valence-electron chi connectivity index (χ1n) is 6.02. The fourth-order valence-corrected chi connectivity index (χ4v) is 2.03. The summed E-state index contributed by atoms with van der Waals surface area (Å²) < 4.78 is 0. The fraction of sp³-hybridized carbons (Fsp3) is 0.357. The van der Waals surface area contributed by atoms with E-state index in [1.54, 1.807) is 0 Å². The molecule has 2 aromatic rings. The first-order chi connectivity index (χ1) is 8.33. The van der Waals surface area contributed by atoms with E-state index in [0.717, 1.165) is 25.0 Å². The van der Waals surface area contributed by atoms with Crippen LogP contribution in [0.4, 0.5) is 5.69 Å². The Morgan fingerprint density at radius 1 is 1.24 bits per heavy atom. The highest BCUT2D eigenvalue weighted by Gasteiger charge is 2.05. The van der Waals surface area contributed by atoms with Gasteiger partial charge in [0, 0.05) is 30.9 Å². The average Bonchev–Trinajstić information content (AvgIpc) is 2.38. The monoisotopic (exact) mass is 229 g/mol. The summed E-state index contributed by atoms with van der Waals surface area (Å²) in [6, 6.07) is 10.4. The summed E-state index contributed by atoms with van der Waals surface area (Å²) in [7, 11) is 4.12. The van der Waals surface area contributed by atoms with Gasteiger partial charge in [0.1, 0.15) is 0 Å². The van der Waals surface area contributed by atoms with Crippen molar-refractivity contribution in [3.8, 4) is 0 Å². The maximum Gasteiger partial charge on any atom is 0.0722 e. The van der Waals surface area contributed by atoms with Crippen LogP contribution in [0, 0.1) is 0 Å². The largest absolute Gasteiger partial charge is 0.374 e. The van der Waals surface area contributed by atoms with Crippen LogP contribution in [0.3, 0.4) is 0 Å². The lowest BCUT2D eigenvalue weighted by atomic mass is 10.1. The van der Waals surface area contributed by atoms with Gasteiger partial charge in [0.05, 0.1) is 5.52 Å². The minimum atomic E-state index is 1.05. The molecule has 0 aliphatic rings. The third kappa shape index (κ3) is 2.74. The van der Waals surface area contributed by atoms with Gasteiger partial charge in [-0.15, -0.1) is 0 Å². The second-order valence-electron chi connectivity index (χ2n) is 4.23. The summed E-state index contributed by atoms with van der Waals surface area (Å²) in [4.78, 5) is 6.67. The van der Waals surface area contributed by atoms with E-state index in [1.165, 1.54) is 11.1 Å². The molecule has 3 nitrogen and oxygen atoms in total. The van der Waals surface area contributed by atoms with E-state index in [0.29, 0.717) is 0 Å². The van der Waals surface area contributed by atoms with Gasteiger partial charge in [0.2, 0.25) is 0 Å². The summed E-state index contributed by atoms with van der Waals surface area (Å²) in [6.07, 6.45) is 3.02. The van der Waals surface area contributed by atoms with E-state index >= 15 is 0 Å². The number of anilines is 1. The van der Waals surface area contributed by atoms with Crippen molar-refractivity contribution < 1.29 is 0 Å². The number of nitrogens with zero attached hydrogens (tertiary/aromatic N) is 2. The van der Waals surface area contributed by atoms with Gasteiger partial charge < -0.3 is 10.2 Å². The molecule has 1 aromatic heterocycles. The number of fused-ring (bicyclic) bond motifs is 1. The number of hydrogen-bond donors (Lipinski definition) is 1.